The summed E-state index contributed by atoms with van der Waals surface area (Å²) in [5.41, 5.74) is 8.43. The highest BCUT2D eigenvalue weighted by Gasteiger charge is 2.43. The lowest BCUT2D eigenvalue weighted by atomic mass is 10.1. The Morgan fingerprint density at radius 3 is 2.02 bits per heavy atom. The van der Waals surface area contributed by atoms with Crippen molar-refractivity contribution in [2.45, 2.75) is 26.3 Å². The molecular formula is C28H28Cl2N4O6. The number of halogens is 2. The number of fused-ring (bicyclic) bond motifs is 1. The van der Waals surface area contributed by atoms with Gasteiger partial charge in [-0.3, -0.25) is 14.4 Å². The molecule has 3 aromatic carbocycles. The van der Waals surface area contributed by atoms with Crippen molar-refractivity contribution < 1.29 is 28.7 Å². The van der Waals surface area contributed by atoms with E-state index in [1.807, 2.05) is 30.3 Å². The molecule has 10 nitrogen and oxygen atoms in total. The Balaban J connectivity index is 0.00000280. The number of amides is 4. The normalized spacial score (nSPS) is 13.0. The number of hydrogen-bond acceptors (Lipinski definition) is 6. The van der Waals surface area contributed by atoms with Gasteiger partial charge in [0.2, 0.25) is 6.23 Å². The molecule has 1 atom stereocenters. The zero-order valence-electron chi connectivity index (χ0n) is 21.4. The molecule has 0 radical (unpaired) electrons. The summed E-state index contributed by atoms with van der Waals surface area (Å²) in [4.78, 5) is 55.1. The van der Waals surface area contributed by atoms with Gasteiger partial charge in [0, 0.05) is 18.7 Å². The van der Waals surface area contributed by atoms with E-state index in [9.17, 15) is 19.2 Å². The number of aliphatic imine (C=N–C) groups is 1. The molecule has 0 aliphatic carbocycles. The van der Waals surface area contributed by atoms with Gasteiger partial charge in [-0.1, -0.05) is 66.7 Å². The first-order valence-corrected chi connectivity index (χ1v) is 11.9. The number of amidine groups is 1. The lowest BCUT2D eigenvalue weighted by Crippen LogP contribution is -2.51. The summed E-state index contributed by atoms with van der Waals surface area (Å²) in [6, 6.07) is 22.3. The van der Waals surface area contributed by atoms with Gasteiger partial charge in [-0.05, 0) is 30.2 Å². The van der Waals surface area contributed by atoms with Crippen LogP contribution < -0.4 is 11.1 Å². The third kappa shape index (κ3) is 7.44. The Morgan fingerprint density at radius 1 is 0.875 bits per heavy atom. The molecule has 0 saturated heterocycles. The second kappa shape index (κ2) is 14.8. The minimum absolute atomic E-state index is 0. The maximum absolute atomic E-state index is 12.9. The molecule has 210 valence electrons. The van der Waals surface area contributed by atoms with E-state index in [0.717, 1.165) is 10.5 Å². The predicted molar refractivity (Wildman–Crippen MR) is 152 cm³/mol. The number of nitrogens with one attached hydrogen (secondary N) is 1. The van der Waals surface area contributed by atoms with Crippen LogP contribution in [-0.4, -0.2) is 47.4 Å². The molecule has 3 aromatic rings. The Morgan fingerprint density at radius 2 is 1.45 bits per heavy atom. The standard InChI is InChI=1S/C28H26N4O6.2ClH/c1-2-37-27(32-25(34)21-10-6-7-11-22(21)26(32)35)24(33)30-16-18-12-14-20(15-13-18)23(29)31-28(36)38-17-19-8-4-3-5-9-19;;/h3-15,27H,2,16-17H2,1H3,(H,30,33)(H2,29,31,36);2*1H. The van der Waals surface area contributed by atoms with E-state index in [0.29, 0.717) is 11.1 Å². The molecule has 1 aliphatic rings. The van der Waals surface area contributed by atoms with Crippen LogP contribution in [0.25, 0.3) is 0 Å². The molecule has 12 heteroatoms. The van der Waals surface area contributed by atoms with Crippen molar-refractivity contribution in [3.05, 3.63) is 107 Å². The third-order valence-corrected chi connectivity index (χ3v) is 5.74. The SMILES string of the molecule is CCOC(C(=O)NCc1ccc(/C(N)=N/C(=O)OCc2ccccc2)cc1)N1C(=O)c2ccccc2C1=O.Cl.Cl. The van der Waals surface area contributed by atoms with E-state index < -0.39 is 30.0 Å². The highest BCUT2D eigenvalue weighted by molar-refractivity contribution is 6.22. The zero-order chi connectivity index (χ0) is 27.1. The van der Waals surface area contributed by atoms with E-state index in [-0.39, 0.29) is 61.5 Å². The number of nitrogens with two attached hydrogens (primary N) is 1. The van der Waals surface area contributed by atoms with Gasteiger partial charge in [0.05, 0.1) is 11.1 Å². The molecule has 3 N–H and O–H groups in total. The van der Waals surface area contributed by atoms with Crippen molar-refractivity contribution in [3.63, 3.8) is 0 Å². The maximum Gasteiger partial charge on any atom is 0.435 e. The first kappa shape index (κ1) is 32.0. The van der Waals surface area contributed by atoms with Gasteiger partial charge in [-0.25, -0.2) is 9.69 Å². The Hall–Kier alpha value is -4.25. The van der Waals surface area contributed by atoms with Crippen LogP contribution in [0.2, 0.25) is 0 Å². The van der Waals surface area contributed by atoms with E-state index in [1.54, 1.807) is 43.3 Å². The van der Waals surface area contributed by atoms with Crippen LogP contribution in [0.5, 0.6) is 0 Å². The van der Waals surface area contributed by atoms with Crippen molar-refractivity contribution >= 4 is 54.5 Å². The number of benzene rings is 3. The Labute approximate surface area is 243 Å². The molecule has 0 fully saturated rings. The van der Waals surface area contributed by atoms with Gasteiger partial charge in [-0.2, -0.15) is 4.99 Å². The molecule has 4 amide bonds. The number of rotatable bonds is 9. The quantitative estimate of drug-likeness (QED) is 0.220. The fourth-order valence-electron chi connectivity index (χ4n) is 3.83. The predicted octanol–water partition coefficient (Wildman–Crippen LogP) is 3.85. The fraction of sp³-hybridized carbons (Fsp3) is 0.179. The Bertz CT molecular complexity index is 1350. The topological polar surface area (TPSA) is 140 Å². The summed E-state index contributed by atoms with van der Waals surface area (Å²) in [6.07, 6.45) is -2.21. The lowest BCUT2D eigenvalue weighted by molar-refractivity contribution is -0.140. The molecule has 1 unspecified atom stereocenters. The molecular weight excluding hydrogens is 559 g/mol. The van der Waals surface area contributed by atoms with Crippen LogP contribution in [0, 0.1) is 0 Å². The number of carbonyl (C=O) groups is 4. The monoisotopic (exact) mass is 586 g/mol. The van der Waals surface area contributed by atoms with Crippen LogP contribution in [-0.2, 0) is 27.4 Å². The maximum atomic E-state index is 12.9. The number of imide groups is 1. The molecule has 4 rings (SSSR count). The summed E-state index contributed by atoms with van der Waals surface area (Å²) >= 11 is 0. The van der Waals surface area contributed by atoms with Crippen molar-refractivity contribution in [2.24, 2.45) is 10.7 Å². The first-order valence-electron chi connectivity index (χ1n) is 11.9. The summed E-state index contributed by atoms with van der Waals surface area (Å²) in [7, 11) is 0. The zero-order valence-corrected chi connectivity index (χ0v) is 23.1. The largest absolute Gasteiger partial charge is 0.443 e. The lowest BCUT2D eigenvalue weighted by Gasteiger charge is -2.24. The average Bonchev–Trinajstić information content (AvgIpc) is 3.19. The van der Waals surface area contributed by atoms with Crippen molar-refractivity contribution in [2.75, 3.05) is 6.61 Å². The van der Waals surface area contributed by atoms with Gasteiger partial charge < -0.3 is 20.5 Å². The van der Waals surface area contributed by atoms with E-state index in [4.69, 9.17) is 15.2 Å². The van der Waals surface area contributed by atoms with Crippen molar-refractivity contribution in [1.82, 2.24) is 10.2 Å². The van der Waals surface area contributed by atoms with Gasteiger partial charge >= 0.3 is 6.09 Å². The molecule has 0 saturated carbocycles. The summed E-state index contributed by atoms with van der Waals surface area (Å²) in [5.74, 6) is -1.81. The van der Waals surface area contributed by atoms with Gasteiger partial charge in [0.1, 0.15) is 12.4 Å². The number of hydrogen-bond donors (Lipinski definition) is 2. The highest BCUT2D eigenvalue weighted by atomic mass is 35.5. The minimum atomic E-state index is -1.41. The third-order valence-electron chi connectivity index (χ3n) is 5.74. The van der Waals surface area contributed by atoms with Gasteiger partial charge in [0.15, 0.2) is 0 Å². The first-order chi connectivity index (χ1) is 18.4. The number of nitrogens with zero attached hydrogens (tertiary/aromatic N) is 2. The van der Waals surface area contributed by atoms with E-state index >= 15 is 0 Å². The summed E-state index contributed by atoms with van der Waals surface area (Å²) in [6.45, 7) is 1.97. The molecule has 0 spiro atoms. The van der Waals surface area contributed by atoms with Crippen molar-refractivity contribution in [3.8, 4) is 0 Å². The molecule has 40 heavy (non-hydrogen) atoms. The second-order valence-electron chi connectivity index (χ2n) is 8.29. The van der Waals surface area contributed by atoms with Crippen LogP contribution in [0.4, 0.5) is 4.79 Å². The highest BCUT2D eigenvalue weighted by Crippen LogP contribution is 2.25. The average molecular weight is 587 g/mol. The fourth-order valence-corrected chi connectivity index (χ4v) is 3.83. The molecule has 1 heterocycles. The van der Waals surface area contributed by atoms with Crippen molar-refractivity contribution in [1.29, 1.82) is 0 Å². The van der Waals surface area contributed by atoms with Gasteiger partial charge in [0.25, 0.3) is 17.7 Å². The molecule has 0 bridgehead atoms. The van der Waals surface area contributed by atoms with Crippen LogP contribution in [0.15, 0.2) is 83.9 Å². The molecule has 1 aliphatic heterocycles. The van der Waals surface area contributed by atoms with Gasteiger partial charge in [-0.15, -0.1) is 24.8 Å². The molecule has 0 aromatic heterocycles. The van der Waals surface area contributed by atoms with E-state index in [2.05, 4.69) is 10.3 Å². The van der Waals surface area contributed by atoms with Crippen LogP contribution >= 0.6 is 24.8 Å². The summed E-state index contributed by atoms with van der Waals surface area (Å²) in [5, 5.41) is 2.70. The minimum Gasteiger partial charge on any atom is -0.443 e. The second-order valence-corrected chi connectivity index (χ2v) is 8.29. The number of carbonyl (C=O) groups excluding carboxylic acids is 4. The Kier molecular flexibility index (Phi) is 11.8. The number of ether oxygens (including phenoxy) is 2. The van der Waals surface area contributed by atoms with Crippen LogP contribution in [0.3, 0.4) is 0 Å². The van der Waals surface area contributed by atoms with Crippen LogP contribution in [0.1, 0.15) is 44.3 Å². The summed E-state index contributed by atoms with van der Waals surface area (Å²) < 4.78 is 10.6. The smallest absolute Gasteiger partial charge is 0.435 e. The van der Waals surface area contributed by atoms with E-state index in [1.165, 1.54) is 12.1 Å².